The van der Waals surface area contributed by atoms with Crippen LogP contribution >= 0.6 is 11.8 Å². The number of nitrogens with one attached hydrogen (secondary N) is 1. The number of imidazole rings is 1. The lowest BCUT2D eigenvalue weighted by atomic mass is 10.1. The molecule has 4 heterocycles. The Bertz CT molecular complexity index is 1230. The number of nitrogens with zero attached hydrogens (tertiary/aromatic N) is 8. The van der Waals surface area contributed by atoms with E-state index >= 15 is 0 Å². The Hall–Kier alpha value is -3.53. The van der Waals surface area contributed by atoms with Gasteiger partial charge in [0.25, 0.3) is 0 Å². The highest BCUT2D eigenvalue weighted by Gasteiger charge is 2.36. The normalized spacial score (nSPS) is 18.0. The second kappa shape index (κ2) is 6.77. The van der Waals surface area contributed by atoms with Crippen molar-refractivity contribution in [2.24, 2.45) is 4.99 Å². The first-order chi connectivity index (χ1) is 14.8. The zero-order valence-corrected chi connectivity index (χ0v) is 17.1. The van der Waals surface area contributed by atoms with Crippen LogP contribution in [0.4, 0.5) is 5.95 Å². The van der Waals surface area contributed by atoms with Gasteiger partial charge in [0.15, 0.2) is 0 Å². The number of aromatic nitrogens is 5. The molecule has 0 amide bonds. The van der Waals surface area contributed by atoms with Crippen LogP contribution in [0, 0.1) is 0 Å². The summed E-state index contributed by atoms with van der Waals surface area (Å²) >= 11 is 1.74. The first-order valence-electron chi connectivity index (χ1n) is 9.61. The van der Waals surface area contributed by atoms with Crippen LogP contribution in [0.3, 0.4) is 0 Å². The summed E-state index contributed by atoms with van der Waals surface area (Å²) in [7, 11) is 0. The lowest BCUT2D eigenvalue weighted by Gasteiger charge is -2.42. The van der Waals surface area contributed by atoms with E-state index in [0.29, 0.717) is 13.3 Å². The molecule has 2 aromatic heterocycles. The number of guanidine groups is 1. The molecule has 0 radical (unpaired) electrons. The van der Waals surface area contributed by atoms with E-state index in [2.05, 4.69) is 67.6 Å². The van der Waals surface area contributed by atoms with Gasteiger partial charge in [0.2, 0.25) is 11.9 Å². The van der Waals surface area contributed by atoms with Crippen LogP contribution in [-0.2, 0) is 0 Å². The maximum absolute atomic E-state index is 4.96. The molecule has 0 unspecified atom stereocenters. The molecular formula is C20H19N9S. The van der Waals surface area contributed by atoms with Gasteiger partial charge in [-0.3, -0.25) is 14.5 Å². The number of hydrogen-bond donors (Lipinski definition) is 1. The molecule has 1 N–H and O–H groups in total. The van der Waals surface area contributed by atoms with Crippen molar-refractivity contribution < 1.29 is 0 Å². The topological polar surface area (TPSA) is 79.4 Å². The number of anilines is 1. The fourth-order valence-corrected chi connectivity index (χ4v) is 4.37. The van der Waals surface area contributed by atoms with Crippen LogP contribution in [0.15, 0.2) is 71.1 Å². The molecular weight excluding hydrogens is 398 g/mol. The predicted molar refractivity (Wildman–Crippen MR) is 117 cm³/mol. The van der Waals surface area contributed by atoms with Crippen molar-refractivity contribution in [1.82, 2.24) is 29.7 Å². The minimum atomic E-state index is -0.0835. The van der Waals surface area contributed by atoms with Gasteiger partial charge in [0.1, 0.15) is 32.2 Å². The number of thioether (sulfide) groups is 1. The van der Waals surface area contributed by atoms with Gasteiger partial charge in [-0.15, -0.1) is 22.0 Å². The molecule has 0 saturated carbocycles. The van der Waals surface area contributed by atoms with Crippen LogP contribution in [0.25, 0.3) is 11.0 Å². The average Bonchev–Trinajstić information content (AvgIpc) is 3.47. The Morgan fingerprint density at radius 2 is 1.83 bits per heavy atom. The minimum absolute atomic E-state index is 0.0835. The Balaban J connectivity index is 1.48. The van der Waals surface area contributed by atoms with E-state index in [4.69, 9.17) is 9.98 Å². The van der Waals surface area contributed by atoms with Gasteiger partial charge in [-0.25, -0.2) is 14.7 Å². The first kappa shape index (κ1) is 17.3. The largest absolute Gasteiger partial charge is 0.331 e. The SMILES string of the molecule is CSc1ccc([C@@H]2NC3=NCN(n4cnnc4)CN3c3nc4ccccc4n32)cc1. The van der Waals surface area contributed by atoms with Gasteiger partial charge in [0.05, 0.1) is 11.0 Å². The van der Waals surface area contributed by atoms with E-state index in [0.717, 1.165) is 22.9 Å². The van der Waals surface area contributed by atoms with Crippen molar-refractivity contribution >= 4 is 34.7 Å². The summed E-state index contributed by atoms with van der Waals surface area (Å²) in [5.74, 6) is 1.69. The summed E-state index contributed by atoms with van der Waals surface area (Å²) < 4.78 is 4.10. The minimum Gasteiger partial charge on any atom is -0.331 e. The summed E-state index contributed by atoms with van der Waals surface area (Å²) in [5, 5.41) is 13.5. The Kier molecular flexibility index (Phi) is 3.91. The third kappa shape index (κ3) is 2.64. The molecule has 0 aliphatic carbocycles. The van der Waals surface area contributed by atoms with E-state index in [9.17, 15) is 0 Å². The molecule has 2 aliphatic heterocycles. The number of rotatable bonds is 3. The molecule has 0 spiro atoms. The lowest BCUT2D eigenvalue weighted by Crippen LogP contribution is -2.59. The average molecular weight is 418 g/mol. The van der Waals surface area contributed by atoms with Crippen LogP contribution in [-0.4, -0.2) is 50.0 Å². The third-order valence-corrected chi connectivity index (χ3v) is 6.19. The monoisotopic (exact) mass is 417 g/mol. The molecule has 30 heavy (non-hydrogen) atoms. The summed E-state index contributed by atoms with van der Waals surface area (Å²) in [5.41, 5.74) is 3.21. The molecule has 2 aliphatic rings. The highest BCUT2D eigenvalue weighted by molar-refractivity contribution is 7.98. The first-order valence-corrected chi connectivity index (χ1v) is 10.8. The Morgan fingerprint density at radius 1 is 1.03 bits per heavy atom. The summed E-state index contributed by atoms with van der Waals surface area (Å²) in [6, 6.07) is 16.9. The fraction of sp³-hybridized carbons (Fsp3) is 0.200. The van der Waals surface area contributed by atoms with Gasteiger partial charge in [-0.05, 0) is 36.1 Å². The molecule has 150 valence electrons. The quantitative estimate of drug-likeness (QED) is 0.512. The Morgan fingerprint density at radius 3 is 2.63 bits per heavy atom. The van der Waals surface area contributed by atoms with Gasteiger partial charge in [0, 0.05) is 4.90 Å². The molecule has 2 aromatic carbocycles. The predicted octanol–water partition coefficient (Wildman–Crippen LogP) is 2.23. The number of para-hydroxylation sites is 2. The molecule has 4 aromatic rings. The van der Waals surface area contributed by atoms with Gasteiger partial charge >= 0.3 is 0 Å². The Labute approximate surface area is 177 Å². The molecule has 0 bridgehead atoms. The molecule has 1 atom stereocenters. The van der Waals surface area contributed by atoms with Crippen molar-refractivity contribution in [2.75, 3.05) is 29.5 Å². The highest BCUT2D eigenvalue weighted by atomic mass is 32.2. The van der Waals surface area contributed by atoms with Crippen LogP contribution in [0.2, 0.25) is 0 Å². The second-order valence-corrected chi connectivity index (χ2v) is 8.01. The summed E-state index contributed by atoms with van der Waals surface area (Å²) in [6.45, 7) is 1.10. The van der Waals surface area contributed by atoms with E-state index in [-0.39, 0.29) is 6.17 Å². The van der Waals surface area contributed by atoms with Gasteiger partial charge in [-0.1, -0.05) is 24.3 Å². The lowest BCUT2D eigenvalue weighted by molar-refractivity contribution is 0.495. The highest BCUT2D eigenvalue weighted by Crippen LogP contribution is 2.34. The van der Waals surface area contributed by atoms with Gasteiger partial charge < -0.3 is 5.32 Å². The zero-order chi connectivity index (χ0) is 20.1. The fourth-order valence-electron chi connectivity index (χ4n) is 3.96. The molecule has 0 fully saturated rings. The van der Waals surface area contributed by atoms with Gasteiger partial charge in [-0.2, -0.15) is 0 Å². The molecule has 0 saturated heterocycles. The summed E-state index contributed by atoms with van der Waals surface area (Å²) in [6.07, 6.45) is 5.36. The smallest absolute Gasteiger partial charge is 0.217 e. The number of benzene rings is 2. The molecule has 9 nitrogen and oxygen atoms in total. The number of hydrogen-bond acceptors (Lipinski definition) is 8. The van der Waals surface area contributed by atoms with Crippen LogP contribution in [0.5, 0.6) is 0 Å². The molecule has 10 heteroatoms. The number of fused-ring (bicyclic) bond motifs is 5. The maximum Gasteiger partial charge on any atom is 0.217 e. The standard InChI is InChI=1S/C20H19N9S/c1-30-15-8-6-14(7-9-15)18-25-19-21-10-27(26-11-22-23-12-26)13-28(19)20-24-16-4-2-3-5-17(16)29(18)20/h2-9,11-12,18H,10,13H2,1H3,(H,21,25)/t18-/m1/s1. The maximum atomic E-state index is 4.96. The second-order valence-electron chi connectivity index (χ2n) is 7.13. The summed E-state index contributed by atoms with van der Waals surface area (Å²) in [4.78, 5) is 13.1. The van der Waals surface area contributed by atoms with Crippen LogP contribution < -0.4 is 15.2 Å². The van der Waals surface area contributed by atoms with Crippen molar-refractivity contribution in [3.05, 3.63) is 66.7 Å². The molecule has 6 rings (SSSR count). The van der Waals surface area contributed by atoms with Crippen molar-refractivity contribution in [3.8, 4) is 0 Å². The third-order valence-electron chi connectivity index (χ3n) is 5.45. The number of aliphatic imine (C=N–C) groups is 1. The van der Waals surface area contributed by atoms with Crippen molar-refractivity contribution in [2.45, 2.75) is 11.1 Å². The van der Waals surface area contributed by atoms with Crippen molar-refractivity contribution in [3.63, 3.8) is 0 Å². The van der Waals surface area contributed by atoms with E-state index < -0.39 is 0 Å². The van der Waals surface area contributed by atoms with Crippen LogP contribution in [0.1, 0.15) is 11.7 Å². The van der Waals surface area contributed by atoms with E-state index in [1.165, 1.54) is 10.5 Å². The van der Waals surface area contributed by atoms with Crippen molar-refractivity contribution in [1.29, 1.82) is 0 Å². The van der Waals surface area contributed by atoms with E-state index in [1.54, 1.807) is 24.4 Å². The zero-order valence-electron chi connectivity index (χ0n) is 16.3. The van der Waals surface area contributed by atoms with E-state index in [1.807, 2.05) is 21.8 Å².